The van der Waals surface area contributed by atoms with Gasteiger partial charge in [-0.05, 0) is 61.6 Å². The Bertz CT molecular complexity index is 971. The molecule has 7 heteroatoms. The summed E-state index contributed by atoms with van der Waals surface area (Å²) >= 11 is 0. The Labute approximate surface area is 172 Å². The molecule has 6 nitrogen and oxygen atoms in total. The third-order valence-electron chi connectivity index (χ3n) is 5.34. The number of sulfonamides is 1. The highest BCUT2D eigenvalue weighted by atomic mass is 32.2. The summed E-state index contributed by atoms with van der Waals surface area (Å²) < 4.78 is 33.0. The van der Waals surface area contributed by atoms with Crippen molar-refractivity contribution >= 4 is 15.9 Å². The SMILES string of the molecule is COc1ccc([C@H]2CCCN2C(=O)CCNS(=O)(=O)c2cc(C)ccc2C)cc1. The predicted octanol–water partition coefficient (Wildman–Crippen LogP) is 3.34. The van der Waals surface area contributed by atoms with Crippen LogP contribution in [0.2, 0.25) is 0 Å². The van der Waals surface area contributed by atoms with E-state index in [0.717, 1.165) is 29.7 Å². The lowest BCUT2D eigenvalue weighted by atomic mass is 10.0. The van der Waals surface area contributed by atoms with Gasteiger partial charge in [0.2, 0.25) is 15.9 Å². The third-order valence-corrected chi connectivity index (χ3v) is 6.94. The molecule has 0 aliphatic carbocycles. The number of likely N-dealkylation sites (tertiary alicyclic amines) is 1. The highest BCUT2D eigenvalue weighted by Gasteiger charge is 2.29. The van der Waals surface area contributed by atoms with Crippen molar-refractivity contribution in [2.75, 3.05) is 20.2 Å². The molecule has 1 aliphatic heterocycles. The second kappa shape index (κ2) is 8.97. The Kier molecular flexibility index (Phi) is 6.59. The molecule has 2 aromatic rings. The molecule has 1 heterocycles. The summed E-state index contributed by atoms with van der Waals surface area (Å²) in [5, 5.41) is 0. The van der Waals surface area contributed by atoms with E-state index in [9.17, 15) is 13.2 Å². The van der Waals surface area contributed by atoms with Crippen LogP contribution in [0, 0.1) is 13.8 Å². The molecule has 156 valence electrons. The number of methoxy groups -OCH3 is 1. The zero-order valence-electron chi connectivity index (χ0n) is 17.1. The lowest BCUT2D eigenvalue weighted by Gasteiger charge is -2.25. The second-order valence-corrected chi connectivity index (χ2v) is 9.17. The number of hydrogen-bond donors (Lipinski definition) is 1. The van der Waals surface area contributed by atoms with E-state index in [-0.39, 0.29) is 29.8 Å². The number of benzene rings is 2. The van der Waals surface area contributed by atoms with Crippen molar-refractivity contribution in [2.24, 2.45) is 0 Å². The van der Waals surface area contributed by atoms with Crippen LogP contribution >= 0.6 is 0 Å². The predicted molar refractivity (Wildman–Crippen MR) is 112 cm³/mol. The zero-order valence-corrected chi connectivity index (χ0v) is 18.0. The third kappa shape index (κ3) is 4.97. The highest BCUT2D eigenvalue weighted by molar-refractivity contribution is 7.89. The van der Waals surface area contributed by atoms with Gasteiger partial charge in [-0.15, -0.1) is 0 Å². The van der Waals surface area contributed by atoms with Gasteiger partial charge in [0.15, 0.2) is 0 Å². The average molecular weight is 417 g/mol. The summed E-state index contributed by atoms with van der Waals surface area (Å²) in [6, 6.07) is 13.1. The molecule has 0 bridgehead atoms. The lowest BCUT2D eigenvalue weighted by Crippen LogP contribution is -2.34. The number of carbonyl (C=O) groups is 1. The first-order valence-electron chi connectivity index (χ1n) is 9.82. The van der Waals surface area contributed by atoms with Gasteiger partial charge in [-0.1, -0.05) is 24.3 Å². The van der Waals surface area contributed by atoms with E-state index in [2.05, 4.69) is 4.72 Å². The van der Waals surface area contributed by atoms with Crippen LogP contribution in [0.25, 0.3) is 0 Å². The molecule has 1 saturated heterocycles. The quantitative estimate of drug-likeness (QED) is 0.751. The van der Waals surface area contributed by atoms with Gasteiger partial charge in [0.05, 0.1) is 18.0 Å². The number of hydrogen-bond acceptors (Lipinski definition) is 4. The van der Waals surface area contributed by atoms with Gasteiger partial charge >= 0.3 is 0 Å². The molecule has 1 N–H and O–H groups in total. The maximum Gasteiger partial charge on any atom is 0.240 e. The van der Waals surface area contributed by atoms with E-state index in [1.54, 1.807) is 26.2 Å². The van der Waals surface area contributed by atoms with Gasteiger partial charge in [0, 0.05) is 19.5 Å². The van der Waals surface area contributed by atoms with Crippen molar-refractivity contribution in [2.45, 2.75) is 44.0 Å². The van der Waals surface area contributed by atoms with Crippen molar-refractivity contribution in [3.63, 3.8) is 0 Å². The molecule has 0 spiro atoms. The fraction of sp³-hybridized carbons (Fsp3) is 0.409. The number of amides is 1. The van der Waals surface area contributed by atoms with Crippen LogP contribution in [-0.4, -0.2) is 39.4 Å². The van der Waals surface area contributed by atoms with E-state index in [4.69, 9.17) is 4.74 Å². The van der Waals surface area contributed by atoms with Gasteiger partial charge < -0.3 is 9.64 Å². The molecular weight excluding hydrogens is 388 g/mol. The van der Waals surface area contributed by atoms with E-state index >= 15 is 0 Å². The molecule has 29 heavy (non-hydrogen) atoms. The number of ether oxygens (including phenoxy) is 1. The molecule has 2 aromatic carbocycles. The topological polar surface area (TPSA) is 75.7 Å². The fourth-order valence-electron chi connectivity index (χ4n) is 3.75. The molecule has 1 atom stereocenters. The summed E-state index contributed by atoms with van der Waals surface area (Å²) in [5.74, 6) is 0.748. The van der Waals surface area contributed by atoms with Crippen molar-refractivity contribution in [1.29, 1.82) is 0 Å². The molecule has 0 radical (unpaired) electrons. The molecular formula is C22H28N2O4S. The van der Waals surface area contributed by atoms with Crippen LogP contribution < -0.4 is 9.46 Å². The van der Waals surface area contributed by atoms with Gasteiger partial charge in [-0.2, -0.15) is 0 Å². The lowest BCUT2D eigenvalue weighted by molar-refractivity contribution is -0.131. The van der Waals surface area contributed by atoms with Crippen molar-refractivity contribution in [1.82, 2.24) is 9.62 Å². The first-order valence-corrected chi connectivity index (χ1v) is 11.3. The average Bonchev–Trinajstić information content (AvgIpc) is 3.19. The Morgan fingerprint density at radius 3 is 2.59 bits per heavy atom. The van der Waals surface area contributed by atoms with Gasteiger partial charge in [-0.25, -0.2) is 13.1 Å². The Hall–Kier alpha value is -2.38. The van der Waals surface area contributed by atoms with Crippen molar-refractivity contribution < 1.29 is 17.9 Å². The summed E-state index contributed by atoms with van der Waals surface area (Å²) in [6.45, 7) is 4.40. The van der Waals surface area contributed by atoms with E-state index in [0.29, 0.717) is 12.1 Å². The van der Waals surface area contributed by atoms with Gasteiger partial charge in [0.1, 0.15) is 5.75 Å². The minimum Gasteiger partial charge on any atom is -0.497 e. The number of nitrogens with zero attached hydrogens (tertiary/aromatic N) is 1. The van der Waals surface area contributed by atoms with E-state index < -0.39 is 10.0 Å². The largest absolute Gasteiger partial charge is 0.497 e. The van der Waals surface area contributed by atoms with E-state index in [1.165, 1.54) is 0 Å². The number of carbonyl (C=O) groups excluding carboxylic acids is 1. The Morgan fingerprint density at radius 2 is 1.90 bits per heavy atom. The molecule has 0 unspecified atom stereocenters. The Balaban J connectivity index is 1.61. The zero-order chi connectivity index (χ0) is 21.0. The number of rotatable bonds is 7. The first-order chi connectivity index (χ1) is 13.8. The summed E-state index contributed by atoms with van der Waals surface area (Å²) in [7, 11) is -2.02. The number of aryl methyl sites for hydroxylation is 2. The summed E-state index contributed by atoms with van der Waals surface area (Å²) in [5.41, 5.74) is 2.65. The fourth-order valence-corrected chi connectivity index (χ4v) is 5.11. The standard InChI is InChI=1S/C22H28N2O4S/c1-16-6-7-17(2)21(15-16)29(26,27)23-13-12-22(25)24-14-4-5-20(24)18-8-10-19(28-3)11-9-18/h6-11,15,20,23H,4-5,12-14H2,1-3H3/t20-/m1/s1. The molecule has 1 amide bonds. The van der Waals surface area contributed by atoms with Crippen LogP contribution in [0.1, 0.15) is 42.0 Å². The monoisotopic (exact) mass is 416 g/mol. The van der Waals surface area contributed by atoms with Crippen molar-refractivity contribution in [3.8, 4) is 5.75 Å². The van der Waals surface area contributed by atoms with Crippen LogP contribution in [0.3, 0.4) is 0 Å². The molecule has 0 aromatic heterocycles. The number of nitrogens with one attached hydrogen (secondary N) is 1. The normalized spacial score (nSPS) is 16.8. The van der Waals surface area contributed by atoms with Crippen LogP contribution in [0.5, 0.6) is 5.75 Å². The minimum atomic E-state index is -3.64. The van der Waals surface area contributed by atoms with Crippen LogP contribution in [0.4, 0.5) is 0 Å². The van der Waals surface area contributed by atoms with Crippen molar-refractivity contribution in [3.05, 3.63) is 59.2 Å². The maximum atomic E-state index is 12.8. The highest BCUT2D eigenvalue weighted by Crippen LogP contribution is 2.33. The molecule has 1 fully saturated rings. The first kappa shape index (κ1) is 21.3. The molecule has 1 aliphatic rings. The minimum absolute atomic E-state index is 0.0315. The van der Waals surface area contributed by atoms with Crippen LogP contribution in [0.15, 0.2) is 47.4 Å². The van der Waals surface area contributed by atoms with Gasteiger partial charge in [0.25, 0.3) is 0 Å². The van der Waals surface area contributed by atoms with Gasteiger partial charge in [-0.3, -0.25) is 4.79 Å². The van der Waals surface area contributed by atoms with Crippen LogP contribution in [-0.2, 0) is 14.8 Å². The Morgan fingerprint density at radius 1 is 1.17 bits per heavy atom. The molecule has 3 rings (SSSR count). The second-order valence-electron chi connectivity index (χ2n) is 7.44. The smallest absolute Gasteiger partial charge is 0.240 e. The summed E-state index contributed by atoms with van der Waals surface area (Å²) in [6.07, 6.45) is 1.99. The maximum absolute atomic E-state index is 12.8. The molecule has 0 saturated carbocycles. The van der Waals surface area contributed by atoms with E-state index in [1.807, 2.05) is 42.2 Å². The summed E-state index contributed by atoms with van der Waals surface area (Å²) in [4.78, 5) is 14.9.